The van der Waals surface area contributed by atoms with Gasteiger partial charge in [-0.3, -0.25) is 0 Å². The number of hydrogen-bond donors (Lipinski definition) is 1. The van der Waals surface area contributed by atoms with Gasteiger partial charge in [-0.2, -0.15) is 0 Å². The van der Waals surface area contributed by atoms with Gasteiger partial charge in [0.2, 0.25) is 0 Å². The lowest BCUT2D eigenvalue weighted by atomic mass is 10.4. The number of aromatic nitrogens is 2. The summed E-state index contributed by atoms with van der Waals surface area (Å²) in [7, 11) is 1.93. The van der Waals surface area contributed by atoms with Gasteiger partial charge >= 0.3 is 0 Å². The maximum absolute atomic E-state index is 4.21. The smallest absolute Gasteiger partial charge is 0.157 e. The summed E-state index contributed by atoms with van der Waals surface area (Å²) in [6.07, 6.45) is 0. The Balaban J connectivity index is 2.27. The van der Waals surface area contributed by atoms with Crippen LogP contribution in [0.2, 0.25) is 0 Å². The molecule has 1 N–H and O–H groups in total. The van der Waals surface area contributed by atoms with Gasteiger partial charge in [-0.05, 0) is 33.0 Å². The normalized spacial score (nSPS) is 13.0. The van der Waals surface area contributed by atoms with E-state index in [-0.39, 0.29) is 6.04 Å². The molecule has 0 aromatic carbocycles. The van der Waals surface area contributed by atoms with Crippen LogP contribution in [0.15, 0.2) is 12.1 Å². The molecule has 0 saturated heterocycles. The summed E-state index contributed by atoms with van der Waals surface area (Å²) in [5.74, 6) is 0. The molecule has 15 heavy (non-hydrogen) atoms. The second kappa shape index (κ2) is 4.38. The van der Waals surface area contributed by atoms with Gasteiger partial charge in [-0.1, -0.05) is 11.3 Å². The Hall–Kier alpha value is -0.780. The van der Waals surface area contributed by atoms with Crippen molar-refractivity contribution < 1.29 is 0 Å². The van der Waals surface area contributed by atoms with Crippen LogP contribution < -0.4 is 5.32 Å². The predicted molar refractivity (Wildman–Crippen MR) is 65.4 cm³/mol. The number of aryl methyl sites for hydroxylation is 1. The fraction of sp³-hybridized carbons (Fsp3) is 0.400. The first-order valence-corrected chi connectivity index (χ1v) is 6.41. The Labute approximate surface area is 97.2 Å². The van der Waals surface area contributed by atoms with E-state index in [4.69, 9.17) is 0 Å². The highest BCUT2D eigenvalue weighted by molar-refractivity contribution is 7.21. The van der Waals surface area contributed by atoms with Crippen LogP contribution in [-0.4, -0.2) is 17.2 Å². The molecule has 2 aromatic rings. The minimum Gasteiger partial charge on any atom is -0.311 e. The second-order valence-corrected chi connectivity index (χ2v) is 5.66. The molecule has 2 aromatic heterocycles. The molecule has 0 fully saturated rings. The van der Waals surface area contributed by atoms with Crippen LogP contribution in [0.3, 0.4) is 0 Å². The Kier molecular flexibility index (Phi) is 3.14. The predicted octanol–water partition coefficient (Wildman–Crippen LogP) is 2.86. The fourth-order valence-electron chi connectivity index (χ4n) is 1.18. The Morgan fingerprint density at radius 2 is 2.07 bits per heavy atom. The molecule has 3 nitrogen and oxygen atoms in total. The zero-order chi connectivity index (χ0) is 10.8. The van der Waals surface area contributed by atoms with E-state index in [1.807, 2.05) is 7.05 Å². The average molecular weight is 239 g/mol. The van der Waals surface area contributed by atoms with E-state index in [1.54, 1.807) is 22.7 Å². The van der Waals surface area contributed by atoms with Gasteiger partial charge in [0.1, 0.15) is 5.01 Å². The number of hydrogen-bond acceptors (Lipinski definition) is 5. The summed E-state index contributed by atoms with van der Waals surface area (Å²) in [6, 6.07) is 4.49. The Morgan fingerprint density at radius 3 is 2.67 bits per heavy atom. The van der Waals surface area contributed by atoms with Crippen molar-refractivity contribution in [1.29, 1.82) is 0 Å². The average Bonchev–Trinajstić information content (AvgIpc) is 2.84. The standard InChI is InChI=1S/C10H13N3S2/c1-6-4-5-8(14-6)10-13-12-9(15-10)7(2)11-3/h4-5,7,11H,1-3H3. The highest BCUT2D eigenvalue weighted by Crippen LogP contribution is 2.31. The van der Waals surface area contributed by atoms with Crippen LogP contribution in [0.25, 0.3) is 9.88 Å². The summed E-state index contributed by atoms with van der Waals surface area (Å²) in [6.45, 7) is 4.19. The molecular weight excluding hydrogens is 226 g/mol. The second-order valence-electron chi connectivity index (χ2n) is 3.37. The summed E-state index contributed by atoms with van der Waals surface area (Å²) in [5, 5.41) is 13.6. The van der Waals surface area contributed by atoms with Crippen molar-refractivity contribution in [2.75, 3.05) is 7.05 Å². The molecule has 0 aliphatic heterocycles. The third-order valence-electron chi connectivity index (χ3n) is 2.20. The van der Waals surface area contributed by atoms with Gasteiger partial charge in [0, 0.05) is 4.88 Å². The summed E-state index contributed by atoms with van der Waals surface area (Å²) in [4.78, 5) is 2.52. The lowest BCUT2D eigenvalue weighted by Crippen LogP contribution is -2.11. The molecule has 5 heteroatoms. The monoisotopic (exact) mass is 239 g/mol. The Bertz CT molecular complexity index is 447. The van der Waals surface area contributed by atoms with Crippen LogP contribution >= 0.6 is 22.7 Å². The SMILES string of the molecule is CNC(C)c1nnc(-c2ccc(C)s2)s1. The summed E-state index contributed by atoms with van der Waals surface area (Å²) < 4.78 is 0. The quantitative estimate of drug-likeness (QED) is 0.895. The van der Waals surface area contributed by atoms with Crippen LogP contribution in [0.5, 0.6) is 0 Å². The summed E-state index contributed by atoms with van der Waals surface area (Å²) >= 11 is 3.42. The van der Waals surface area contributed by atoms with E-state index in [9.17, 15) is 0 Å². The highest BCUT2D eigenvalue weighted by Gasteiger charge is 2.12. The zero-order valence-electron chi connectivity index (χ0n) is 8.94. The molecule has 2 heterocycles. The molecule has 1 unspecified atom stereocenters. The topological polar surface area (TPSA) is 37.8 Å². The molecule has 0 spiro atoms. The number of rotatable bonds is 3. The lowest BCUT2D eigenvalue weighted by molar-refractivity contribution is 0.640. The van der Waals surface area contributed by atoms with Crippen molar-refractivity contribution >= 4 is 22.7 Å². The van der Waals surface area contributed by atoms with Crippen molar-refractivity contribution in [3.63, 3.8) is 0 Å². The molecule has 0 radical (unpaired) electrons. The van der Waals surface area contributed by atoms with Gasteiger partial charge in [0.15, 0.2) is 5.01 Å². The first kappa shape index (κ1) is 10.7. The van der Waals surface area contributed by atoms with Crippen molar-refractivity contribution in [2.24, 2.45) is 0 Å². The third kappa shape index (κ3) is 2.25. The maximum atomic E-state index is 4.21. The van der Waals surface area contributed by atoms with E-state index < -0.39 is 0 Å². The fourth-order valence-corrected chi connectivity index (χ4v) is 3.00. The van der Waals surface area contributed by atoms with Crippen LogP contribution in [0.4, 0.5) is 0 Å². The van der Waals surface area contributed by atoms with Gasteiger partial charge in [-0.25, -0.2) is 0 Å². The highest BCUT2D eigenvalue weighted by atomic mass is 32.1. The molecule has 0 aliphatic carbocycles. The number of thiophene rings is 1. The first-order valence-electron chi connectivity index (χ1n) is 4.78. The van der Waals surface area contributed by atoms with Crippen molar-refractivity contribution in [3.05, 3.63) is 22.0 Å². The molecular formula is C10H13N3S2. The van der Waals surface area contributed by atoms with Crippen molar-refractivity contribution in [3.8, 4) is 9.88 Å². The molecule has 80 valence electrons. The molecule has 1 atom stereocenters. The van der Waals surface area contributed by atoms with Gasteiger partial charge in [0.25, 0.3) is 0 Å². The van der Waals surface area contributed by atoms with Gasteiger partial charge < -0.3 is 5.32 Å². The lowest BCUT2D eigenvalue weighted by Gasteiger charge is -2.02. The zero-order valence-corrected chi connectivity index (χ0v) is 10.6. The minimum atomic E-state index is 0.275. The van der Waals surface area contributed by atoms with Gasteiger partial charge in [0.05, 0.1) is 10.9 Å². The van der Waals surface area contributed by atoms with E-state index >= 15 is 0 Å². The molecule has 0 amide bonds. The van der Waals surface area contributed by atoms with E-state index in [0.717, 1.165) is 10.0 Å². The van der Waals surface area contributed by atoms with E-state index in [1.165, 1.54) is 9.75 Å². The van der Waals surface area contributed by atoms with Crippen LogP contribution in [0.1, 0.15) is 22.9 Å². The van der Waals surface area contributed by atoms with Crippen LogP contribution in [-0.2, 0) is 0 Å². The first-order chi connectivity index (χ1) is 7.20. The maximum Gasteiger partial charge on any atom is 0.157 e. The molecule has 0 bridgehead atoms. The Morgan fingerprint density at radius 1 is 1.27 bits per heavy atom. The van der Waals surface area contributed by atoms with Gasteiger partial charge in [-0.15, -0.1) is 21.5 Å². The van der Waals surface area contributed by atoms with E-state index in [0.29, 0.717) is 0 Å². The van der Waals surface area contributed by atoms with E-state index in [2.05, 4.69) is 41.5 Å². The van der Waals surface area contributed by atoms with Crippen molar-refractivity contribution in [2.45, 2.75) is 19.9 Å². The number of nitrogens with zero attached hydrogens (tertiary/aromatic N) is 2. The molecule has 0 saturated carbocycles. The number of nitrogens with one attached hydrogen (secondary N) is 1. The molecule has 2 rings (SSSR count). The largest absolute Gasteiger partial charge is 0.311 e. The van der Waals surface area contributed by atoms with Crippen molar-refractivity contribution in [1.82, 2.24) is 15.5 Å². The minimum absolute atomic E-state index is 0.275. The van der Waals surface area contributed by atoms with Crippen LogP contribution in [0, 0.1) is 6.92 Å². The third-order valence-corrected chi connectivity index (χ3v) is 4.47. The molecule has 0 aliphatic rings. The summed E-state index contributed by atoms with van der Waals surface area (Å²) in [5.41, 5.74) is 0.